The molecule has 21 heavy (non-hydrogen) atoms. The van der Waals surface area contributed by atoms with Gasteiger partial charge in [0.05, 0.1) is 11.6 Å². The van der Waals surface area contributed by atoms with Gasteiger partial charge in [0.15, 0.2) is 5.78 Å². The topological polar surface area (TPSA) is 50.1 Å². The number of ether oxygens (including phenoxy) is 1. The van der Waals surface area contributed by atoms with Crippen molar-refractivity contribution < 1.29 is 13.9 Å². The van der Waals surface area contributed by atoms with Gasteiger partial charge in [0, 0.05) is 6.42 Å². The molecule has 2 aromatic carbocycles. The van der Waals surface area contributed by atoms with Crippen molar-refractivity contribution in [2.75, 3.05) is 6.61 Å². The van der Waals surface area contributed by atoms with E-state index >= 15 is 0 Å². The zero-order valence-electron chi connectivity index (χ0n) is 11.6. The minimum atomic E-state index is -0.327. The van der Waals surface area contributed by atoms with Crippen LogP contribution in [0.5, 0.6) is 5.75 Å². The van der Waals surface area contributed by atoms with Crippen LogP contribution >= 0.6 is 0 Å². The van der Waals surface area contributed by atoms with Crippen LogP contribution in [0.4, 0.5) is 4.39 Å². The fourth-order valence-electron chi connectivity index (χ4n) is 1.86. The number of carbonyl (C=O) groups is 1. The van der Waals surface area contributed by atoms with Crippen LogP contribution in [0.3, 0.4) is 0 Å². The molecule has 0 amide bonds. The summed E-state index contributed by atoms with van der Waals surface area (Å²) in [6, 6.07) is 12.9. The molecule has 106 valence electrons. The lowest BCUT2D eigenvalue weighted by Gasteiger charge is -2.08. The van der Waals surface area contributed by atoms with E-state index < -0.39 is 0 Å². The van der Waals surface area contributed by atoms with Crippen LogP contribution < -0.4 is 4.74 Å². The van der Waals surface area contributed by atoms with E-state index in [1.54, 1.807) is 30.3 Å². The fourth-order valence-corrected chi connectivity index (χ4v) is 1.86. The maximum atomic E-state index is 12.8. The Balaban J connectivity index is 1.95. The summed E-state index contributed by atoms with van der Waals surface area (Å²) >= 11 is 0. The van der Waals surface area contributed by atoms with Gasteiger partial charge in [-0.15, -0.1) is 0 Å². The number of hydrogen-bond acceptors (Lipinski definition) is 3. The maximum Gasteiger partial charge on any atom is 0.174 e. The first-order valence-electron chi connectivity index (χ1n) is 6.48. The lowest BCUT2D eigenvalue weighted by atomic mass is 10.1. The number of nitrogens with zero attached hydrogens (tertiary/aromatic N) is 1. The third-order valence-corrected chi connectivity index (χ3v) is 3.02. The Hall–Kier alpha value is -2.67. The molecule has 4 heteroatoms. The van der Waals surface area contributed by atoms with Crippen LogP contribution in [-0.4, -0.2) is 12.4 Å². The molecule has 0 aliphatic carbocycles. The largest absolute Gasteiger partial charge is 0.486 e. The first kappa shape index (κ1) is 14.7. The molecule has 0 aromatic heterocycles. The van der Waals surface area contributed by atoms with Gasteiger partial charge in [-0.05, 0) is 42.3 Å². The minimum absolute atomic E-state index is 0.0763. The Morgan fingerprint density at radius 3 is 2.62 bits per heavy atom. The normalized spacial score (nSPS) is 9.95. The molecule has 0 unspecified atom stereocenters. The summed E-state index contributed by atoms with van der Waals surface area (Å²) in [5, 5.41) is 8.84. The van der Waals surface area contributed by atoms with Crippen LogP contribution in [0.25, 0.3) is 0 Å². The SMILES string of the molecule is Cc1ccc(C#N)cc1OCC(=O)Cc1ccc(F)cc1. The smallest absolute Gasteiger partial charge is 0.174 e. The van der Waals surface area contributed by atoms with Crippen LogP contribution in [-0.2, 0) is 11.2 Å². The number of Topliss-reactive ketones (excluding diaryl/α,β-unsaturated/α-hetero) is 1. The number of benzene rings is 2. The molecule has 0 N–H and O–H groups in total. The standard InChI is InChI=1S/C17H14FNO2/c1-12-2-3-14(10-19)9-17(12)21-11-16(20)8-13-4-6-15(18)7-5-13/h2-7,9H,8,11H2,1H3. The molecule has 0 saturated heterocycles. The van der Waals surface area contributed by atoms with Gasteiger partial charge in [0.2, 0.25) is 0 Å². The predicted molar refractivity (Wildman–Crippen MR) is 76.5 cm³/mol. The molecule has 0 radical (unpaired) electrons. The van der Waals surface area contributed by atoms with Crippen molar-refractivity contribution in [1.29, 1.82) is 5.26 Å². The van der Waals surface area contributed by atoms with E-state index in [1.165, 1.54) is 12.1 Å². The van der Waals surface area contributed by atoms with Gasteiger partial charge in [-0.3, -0.25) is 4.79 Å². The highest BCUT2D eigenvalue weighted by Crippen LogP contribution is 2.19. The number of carbonyl (C=O) groups excluding carboxylic acids is 1. The number of aryl methyl sites for hydroxylation is 1. The Morgan fingerprint density at radius 1 is 1.24 bits per heavy atom. The number of nitriles is 1. The molecule has 0 bridgehead atoms. The average Bonchev–Trinajstić information content (AvgIpc) is 2.49. The highest BCUT2D eigenvalue weighted by molar-refractivity contribution is 5.82. The van der Waals surface area contributed by atoms with E-state index in [2.05, 4.69) is 0 Å². The number of hydrogen-bond donors (Lipinski definition) is 0. The molecular formula is C17H14FNO2. The predicted octanol–water partition coefficient (Wildman–Crippen LogP) is 3.20. The van der Waals surface area contributed by atoms with Crippen molar-refractivity contribution in [3.63, 3.8) is 0 Å². The number of rotatable bonds is 5. The summed E-state index contributed by atoms with van der Waals surface area (Å²) in [6.45, 7) is 1.77. The molecule has 2 rings (SSSR count). The third-order valence-electron chi connectivity index (χ3n) is 3.02. The second-order valence-corrected chi connectivity index (χ2v) is 4.72. The van der Waals surface area contributed by atoms with E-state index in [0.29, 0.717) is 11.3 Å². The Bertz CT molecular complexity index is 687. The van der Waals surface area contributed by atoms with Gasteiger partial charge >= 0.3 is 0 Å². The van der Waals surface area contributed by atoms with Crippen molar-refractivity contribution in [2.24, 2.45) is 0 Å². The van der Waals surface area contributed by atoms with Gasteiger partial charge < -0.3 is 4.74 Å². The molecule has 0 aliphatic heterocycles. The van der Waals surface area contributed by atoms with Crippen LogP contribution in [0.15, 0.2) is 42.5 Å². The maximum absolute atomic E-state index is 12.8. The zero-order valence-corrected chi connectivity index (χ0v) is 11.6. The van der Waals surface area contributed by atoms with E-state index in [1.807, 2.05) is 13.0 Å². The van der Waals surface area contributed by atoms with Gasteiger partial charge in [0.25, 0.3) is 0 Å². The minimum Gasteiger partial charge on any atom is -0.486 e. The van der Waals surface area contributed by atoms with Crippen molar-refractivity contribution in [3.05, 3.63) is 65.0 Å². The van der Waals surface area contributed by atoms with Crippen LogP contribution in [0.2, 0.25) is 0 Å². The molecule has 0 fully saturated rings. The van der Waals surface area contributed by atoms with Gasteiger partial charge in [0.1, 0.15) is 18.2 Å². The molecule has 0 aliphatic rings. The quantitative estimate of drug-likeness (QED) is 0.846. The summed E-state index contributed by atoms with van der Waals surface area (Å²) < 4.78 is 18.2. The summed E-state index contributed by atoms with van der Waals surface area (Å²) in [4.78, 5) is 11.9. The van der Waals surface area contributed by atoms with E-state index in [-0.39, 0.29) is 24.6 Å². The van der Waals surface area contributed by atoms with Crippen molar-refractivity contribution >= 4 is 5.78 Å². The number of halogens is 1. The summed E-state index contributed by atoms with van der Waals surface area (Å²) in [5.41, 5.74) is 2.10. The summed E-state index contributed by atoms with van der Waals surface area (Å²) in [5.74, 6) is 0.0938. The first-order valence-corrected chi connectivity index (χ1v) is 6.48. The molecule has 3 nitrogen and oxygen atoms in total. The average molecular weight is 283 g/mol. The lowest BCUT2D eigenvalue weighted by Crippen LogP contribution is -2.14. The van der Waals surface area contributed by atoms with E-state index in [4.69, 9.17) is 10.00 Å². The zero-order chi connectivity index (χ0) is 15.2. The summed E-state index contributed by atoms with van der Waals surface area (Å²) in [6.07, 6.45) is 0.192. The fraction of sp³-hybridized carbons (Fsp3) is 0.176. The highest BCUT2D eigenvalue weighted by atomic mass is 19.1. The van der Waals surface area contributed by atoms with Crippen LogP contribution in [0.1, 0.15) is 16.7 Å². The Morgan fingerprint density at radius 2 is 1.95 bits per heavy atom. The molecule has 2 aromatic rings. The van der Waals surface area contributed by atoms with Crippen molar-refractivity contribution in [3.8, 4) is 11.8 Å². The first-order chi connectivity index (χ1) is 10.1. The molecule has 0 atom stereocenters. The summed E-state index contributed by atoms with van der Waals surface area (Å²) in [7, 11) is 0. The van der Waals surface area contributed by atoms with Gasteiger partial charge in [-0.25, -0.2) is 4.39 Å². The van der Waals surface area contributed by atoms with Gasteiger partial charge in [-0.2, -0.15) is 5.26 Å². The molecule has 0 saturated carbocycles. The highest BCUT2D eigenvalue weighted by Gasteiger charge is 2.07. The van der Waals surface area contributed by atoms with Crippen molar-refractivity contribution in [2.45, 2.75) is 13.3 Å². The molecular weight excluding hydrogens is 269 g/mol. The second-order valence-electron chi connectivity index (χ2n) is 4.72. The monoisotopic (exact) mass is 283 g/mol. The lowest BCUT2D eigenvalue weighted by molar-refractivity contribution is -0.120. The van der Waals surface area contributed by atoms with Crippen LogP contribution in [0, 0.1) is 24.1 Å². The Kier molecular flexibility index (Phi) is 4.68. The third kappa shape index (κ3) is 4.15. The van der Waals surface area contributed by atoms with E-state index in [0.717, 1.165) is 11.1 Å². The second kappa shape index (κ2) is 6.67. The Labute approximate surface area is 122 Å². The van der Waals surface area contributed by atoms with Gasteiger partial charge in [-0.1, -0.05) is 18.2 Å². The molecule has 0 heterocycles. The number of ketones is 1. The molecule has 0 spiro atoms. The van der Waals surface area contributed by atoms with E-state index in [9.17, 15) is 9.18 Å². The van der Waals surface area contributed by atoms with Crippen molar-refractivity contribution in [1.82, 2.24) is 0 Å².